The van der Waals surface area contributed by atoms with E-state index in [4.69, 9.17) is 11.6 Å². The third kappa shape index (κ3) is 4.06. The van der Waals surface area contributed by atoms with Gasteiger partial charge in [0, 0.05) is 37.0 Å². The van der Waals surface area contributed by atoms with Gasteiger partial charge >= 0.3 is 0 Å². The number of halogens is 2. The van der Waals surface area contributed by atoms with Gasteiger partial charge in [-0.25, -0.2) is 9.38 Å². The molecule has 0 aromatic heterocycles. The highest BCUT2D eigenvalue weighted by molar-refractivity contribution is 6.30. The summed E-state index contributed by atoms with van der Waals surface area (Å²) in [6.07, 6.45) is 1.72. The fourth-order valence-corrected chi connectivity index (χ4v) is 2.62. The molecule has 0 aliphatic carbocycles. The van der Waals surface area contributed by atoms with Crippen LogP contribution in [0, 0.1) is 19.7 Å². The van der Waals surface area contributed by atoms with Gasteiger partial charge in [0.2, 0.25) is 0 Å². The quantitative estimate of drug-likeness (QED) is 0.527. The van der Waals surface area contributed by atoms with E-state index in [1.165, 1.54) is 12.1 Å². The molecule has 0 aliphatic rings. The van der Waals surface area contributed by atoms with Gasteiger partial charge in [-0.3, -0.25) is 0 Å². The molecule has 0 spiro atoms. The second kappa shape index (κ2) is 7.67. The van der Waals surface area contributed by atoms with Crippen LogP contribution in [0.25, 0.3) is 0 Å². The molecule has 0 atom stereocenters. The predicted octanol–water partition coefficient (Wildman–Crippen LogP) is 5.48. The highest BCUT2D eigenvalue weighted by atomic mass is 35.5. The van der Waals surface area contributed by atoms with Gasteiger partial charge < -0.3 is 9.80 Å². The minimum Gasteiger partial charge on any atom is -0.366 e. The van der Waals surface area contributed by atoms with Gasteiger partial charge in [-0.05, 0) is 56.2 Å². The van der Waals surface area contributed by atoms with Gasteiger partial charge in [-0.15, -0.1) is 0 Å². The third-order valence-electron chi connectivity index (χ3n) is 4.10. The number of rotatable bonds is 5. The molecule has 0 unspecified atom stereocenters. The van der Waals surface area contributed by atoms with Crippen molar-refractivity contribution in [2.24, 2.45) is 4.99 Å². The summed E-state index contributed by atoms with van der Waals surface area (Å²) >= 11 is 6.12. The largest absolute Gasteiger partial charge is 0.366 e. The number of hydrogen-bond donors (Lipinski definition) is 0. The Morgan fingerprint density at radius 1 is 1.12 bits per heavy atom. The molecule has 3 nitrogen and oxygen atoms in total. The van der Waals surface area contributed by atoms with E-state index in [1.54, 1.807) is 6.34 Å². The van der Waals surface area contributed by atoms with E-state index < -0.39 is 0 Å². The molecule has 0 saturated heterocycles. The van der Waals surface area contributed by atoms with E-state index in [0.29, 0.717) is 10.7 Å². The van der Waals surface area contributed by atoms with Gasteiger partial charge in [-0.2, -0.15) is 0 Å². The number of anilines is 2. The minimum absolute atomic E-state index is 0.312. The van der Waals surface area contributed by atoms with Crippen molar-refractivity contribution in [2.45, 2.75) is 20.8 Å². The number of aliphatic imine (C=N–C) groups is 1. The average Bonchev–Trinajstić information content (AvgIpc) is 2.56. The molecule has 24 heavy (non-hydrogen) atoms. The number of aryl methyl sites for hydroxylation is 1. The first-order valence-electron chi connectivity index (χ1n) is 7.88. The third-order valence-corrected chi connectivity index (χ3v) is 4.34. The summed E-state index contributed by atoms with van der Waals surface area (Å²) in [5.74, 6) is -0.312. The Bertz CT molecular complexity index is 759. The van der Waals surface area contributed by atoms with Crippen molar-refractivity contribution in [3.8, 4) is 0 Å². The lowest BCUT2D eigenvalue weighted by Crippen LogP contribution is -2.15. The zero-order valence-corrected chi connectivity index (χ0v) is 15.5. The normalized spacial score (nSPS) is 11.1. The van der Waals surface area contributed by atoms with Crippen LogP contribution in [0.2, 0.25) is 5.02 Å². The zero-order valence-electron chi connectivity index (χ0n) is 14.8. The van der Waals surface area contributed by atoms with Crippen molar-refractivity contribution in [1.29, 1.82) is 0 Å². The van der Waals surface area contributed by atoms with Crippen molar-refractivity contribution < 1.29 is 4.39 Å². The van der Waals surface area contributed by atoms with E-state index in [2.05, 4.69) is 4.99 Å². The first-order chi connectivity index (χ1) is 11.3. The predicted molar refractivity (Wildman–Crippen MR) is 102 cm³/mol. The van der Waals surface area contributed by atoms with Crippen LogP contribution < -0.4 is 4.90 Å². The van der Waals surface area contributed by atoms with Crippen LogP contribution in [-0.4, -0.2) is 31.9 Å². The first kappa shape index (κ1) is 18.3. The fourth-order valence-electron chi connectivity index (χ4n) is 2.45. The van der Waals surface area contributed by atoms with E-state index in [9.17, 15) is 4.39 Å². The van der Waals surface area contributed by atoms with Crippen LogP contribution >= 0.6 is 11.6 Å². The van der Waals surface area contributed by atoms with Gasteiger partial charge in [0.1, 0.15) is 5.82 Å². The zero-order chi connectivity index (χ0) is 17.9. The van der Waals surface area contributed by atoms with Crippen LogP contribution in [-0.2, 0) is 0 Å². The molecule has 0 fully saturated rings. The molecule has 128 valence electrons. The maximum atomic E-state index is 14.1. The average molecular weight is 348 g/mol. The molecule has 0 amide bonds. The standard InChI is InChI=1S/C19H23ClFN3/c1-6-23(4)12-22-17-10-16(21)11-19(14(17)3)24(5)18-9-15(20)8-7-13(18)2/h7-12H,6H2,1-5H3. The SMILES string of the molecule is CCN(C)C=Nc1cc(F)cc(N(C)c2cc(Cl)ccc2C)c1C. The Morgan fingerprint density at radius 3 is 2.50 bits per heavy atom. The lowest BCUT2D eigenvalue weighted by molar-refractivity contribution is 0.552. The summed E-state index contributed by atoms with van der Waals surface area (Å²) in [6, 6.07) is 8.67. The van der Waals surface area contributed by atoms with Gasteiger partial charge in [-0.1, -0.05) is 17.7 Å². The smallest absolute Gasteiger partial charge is 0.127 e. The van der Waals surface area contributed by atoms with Crippen molar-refractivity contribution in [3.05, 3.63) is 52.3 Å². The highest BCUT2D eigenvalue weighted by Crippen LogP contribution is 2.35. The lowest BCUT2D eigenvalue weighted by atomic mass is 10.1. The minimum atomic E-state index is -0.312. The number of hydrogen-bond acceptors (Lipinski definition) is 2. The molecule has 0 bridgehead atoms. The van der Waals surface area contributed by atoms with Crippen LogP contribution in [0.3, 0.4) is 0 Å². The van der Waals surface area contributed by atoms with Gasteiger partial charge in [0.05, 0.1) is 12.0 Å². The molecule has 5 heteroatoms. The van der Waals surface area contributed by atoms with Gasteiger partial charge in [0.15, 0.2) is 0 Å². The second-order valence-electron chi connectivity index (χ2n) is 5.88. The maximum Gasteiger partial charge on any atom is 0.127 e. The number of benzene rings is 2. The fraction of sp³-hybridized carbons (Fsp3) is 0.316. The Kier molecular flexibility index (Phi) is 5.84. The topological polar surface area (TPSA) is 18.8 Å². The van der Waals surface area contributed by atoms with Crippen molar-refractivity contribution in [2.75, 3.05) is 25.5 Å². The summed E-state index contributed by atoms with van der Waals surface area (Å²) in [5, 5.41) is 0.652. The van der Waals surface area contributed by atoms with E-state index in [-0.39, 0.29) is 5.82 Å². The summed E-state index contributed by atoms with van der Waals surface area (Å²) in [6.45, 7) is 6.83. The van der Waals surface area contributed by atoms with Crippen molar-refractivity contribution in [3.63, 3.8) is 0 Å². The molecule has 2 aromatic carbocycles. The molecule has 0 N–H and O–H groups in total. The Hall–Kier alpha value is -2.07. The molecule has 0 heterocycles. The second-order valence-corrected chi connectivity index (χ2v) is 6.31. The number of nitrogens with zero attached hydrogens (tertiary/aromatic N) is 3. The van der Waals surface area contributed by atoms with Crippen LogP contribution in [0.1, 0.15) is 18.1 Å². The molecule has 0 saturated carbocycles. The van der Waals surface area contributed by atoms with Crippen LogP contribution in [0.4, 0.5) is 21.5 Å². The van der Waals surface area contributed by atoms with E-state index in [0.717, 1.165) is 29.0 Å². The van der Waals surface area contributed by atoms with Crippen LogP contribution in [0.5, 0.6) is 0 Å². The van der Waals surface area contributed by atoms with Crippen LogP contribution in [0.15, 0.2) is 35.3 Å². The maximum absolute atomic E-state index is 14.1. The van der Waals surface area contributed by atoms with Gasteiger partial charge in [0.25, 0.3) is 0 Å². The summed E-state index contributed by atoms with van der Waals surface area (Å²) in [4.78, 5) is 8.31. The van der Waals surface area contributed by atoms with E-state index >= 15 is 0 Å². The Balaban J connectivity index is 2.48. The summed E-state index contributed by atoms with van der Waals surface area (Å²) in [5.41, 5.74) is 4.32. The molecular weight excluding hydrogens is 325 g/mol. The van der Waals surface area contributed by atoms with Crippen molar-refractivity contribution in [1.82, 2.24) is 4.90 Å². The first-order valence-corrected chi connectivity index (χ1v) is 8.25. The Morgan fingerprint density at radius 2 is 1.83 bits per heavy atom. The Labute approximate surface area is 148 Å². The molecule has 2 rings (SSSR count). The van der Waals surface area contributed by atoms with E-state index in [1.807, 2.05) is 62.9 Å². The molecule has 0 radical (unpaired) electrons. The highest BCUT2D eigenvalue weighted by Gasteiger charge is 2.14. The molecule has 0 aliphatic heterocycles. The molecule has 2 aromatic rings. The summed E-state index contributed by atoms with van der Waals surface area (Å²) < 4.78 is 14.1. The summed E-state index contributed by atoms with van der Waals surface area (Å²) in [7, 11) is 3.84. The monoisotopic (exact) mass is 347 g/mol. The lowest BCUT2D eigenvalue weighted by Gasteiger charge is -2.24. The van der Waals surface area contributed by atoms with Crippen molar-refractivity contribution >= 4 is 35.0 Å². The molecular formula is C19H23ClFN3.